The van der Waals surface area contributed by atoms with Crippen LogP contribution in [0.15, 0.2) is 11.6 Å². The van der Waals surface area contributed by atoms with E-state index in [0.29, 0.717) is 25.7 Å². The van der Waals surface area contributed by atoms with Crippen molar-refractivity contribution in [2.24, 2.45) is 28.6 Å². The van der Waals surface area contributed by atoms with Gasteiger partial charge in [0.25, 0.3) is 0 Å². The molecule has 0 aromatic heterocycles. The first-order chi connectivity index (χ1) is 13.9. The van der Waals surface area contributed by atoms with Crippen LogP contribution in [0, 0.1) is 28.6 Å². The van der Waals surface area contributed by atoms with E-state index in [1.807, 2.05) is 13.8 Å². The van der Waals surface area contributed by atoms with Crippen LogP contribution in [0.3, 0.4) is 0 Å². The number of rotatable bonds is 3. The van der Waals surface area contributed by atoms with Crippen molar-refractivity contribution in [3.63, 3.8) is 0 Å². The number of carbonyl (C=O) groups is 3. The van der Waals surface area contributed by atoms with Gasteiger partial charge in [-0.05, 0) is 66.9 Å². The highest BCUT2D eigenvalue weighted by Gasteiger charge is 2.69. The van der Waals surface area contributed by atoms with Gasteiger partial charge in [-0.15, -0.1) is 0 Å². The summed E-state index contributed by atoms with van der Waals surface area (Å²) in [6.45, 7) is 4.62. The van der Waals surface area contributed by atoms with E-state index >= 15 is 0 Å². The summed E-state index contributed by atoms with van der Waals surface area (Å²) in [7, 11) is 0. The molecule has 0 spiro atoms. The molecule has 3 saturated carbocycles. The van der Waals surface area contributed by atoms with Crippen molar-refractivity contribution in [2.75, 3.05) is 6.61 Å². The number of ketones is 2. The summed E-state index contributed by atoms with van der Waals surface area (Å²) in [5.41, 5.74) is -2.29. The lowest BCUT2D eigenvalue weighted by Gasteiger charge is -2.61. The van der Waals surface area contributed by atoms with Crippen molar-refractivity contribution in [3.8, 4) is 0 Å². The molecule has 0 saturated heterocycles. The summed E-state index contributed by atoms with van der Waals surface area (Å²) >= 11 is 0. The maximum atomic E-state index is 12.9. The quantitative estimate of drug-likeness (QED) is 0.589. The fourth-order valence-electron chi connectivity index (χ4n) is 7.49. The Kier molecular flexibility index (Phi) is 5.03. The van der Waals surface area contributed by atoms with E-state index < -0.39 is 47.0 Å². The Morgan fingerprint density at radius 3 is 2.60 bits per heavy atom. The summed E-state index contributed by atoms with van der Waals surface area (Å²) in [6, 6.07) is 0. The van der Waals surface area contributed by atoms with Crippen molar-refractivity contribution in [3.05, 3.63) is 11.6 Å². The standard InChI is InChI=1S/C23H32O7/c1-12(24)30-11-19(28)23(29)7-5-15-14-9-17(26)16-8-13(25)4-6-21(16,2)20(14)18(27)10-22(15,23)3/h8,14-15,17-18,20,26-27,29H,4-7,9-11H2,1-3H3/t14-,15-,17-,18+,20+,21+,22+,23+/m1/s1. The fraction of sp³-hybridized carbons (Fsp3) is 0.783. The number of hydrogen-bond donors (Lipinski definition) is 3. The van der Waals surface area contributed by atoms with Gasteiger partial charge in [0, 0.05) is 18.8 Å². The van der Waals surface area contributed by atoms with Crippen LogP contribution in [0.4, 0.5) is 0 Å². The van der Waals surface area contributed by atoms with Gasteiger partial charge >= 0.3 is 5.97 Å². The lowest BCUT2D eigenvalue weighted by Crippen LogP contribution is -2.63. The van der Waals surface area contributed by atoms with Gasteiger partial charge in [0.05, 0.1) is 12.2 Å². The van der Waals surface area contributed by atoms with Crippen LogP contribution in [0.25, 0.3) is 0 Å². The van der Waals surface area contributed by atoms with Gasteiger partial charge in [-0.3, -0.25) is 14.4 Å². The minimum absolute atomic E-state index is 0.0152. The zero-order valence-corrected chi connectivity index (χ0v) is 17.9. The molecule has 0 unspecified atom stereocenters. The molecule has 4 aliphatic rings. The summed E-state index contributed by atoms with van der Waals surface area (Å²) in [4.78, 5) is 36.0. The molecule has 0 heterocycles. The largest absolute Gasteiger partial charge is 0.458 e. The van der Waals surface area contributed by atoms with E-state index in [4.69, 9.17) is 4.74 Å². The molecule has 0 bridgehead atoms. The normalized spacial score (nSPS) is 47.6. The van der Waals surface area contributed by atoms with Gasteiger partial charge in [-0.1, -0.05) is 13.8 Å². The second-order valence-corrected chi connectivity index (χ2v) is 10.3. The molecule has 166 valence electrons. The Morgan fingerprint density at radius 1 is 1.23 bits per heavy atom. The van der Waals surface area contributed by atoms with Gasteiger partial charge in [-0.25, -0.2) is 0 Å². The predicted octanol–water partition coefficient (Wildman–Crippen LogP) is 1.32. The van der Waals surface area contributed by atoms with Crippen LogP contribution in [0.2, 0.25) is 0 Å². The lowest BCUT2D eigenvalue weighted by molar-refractivity contribution is -0.188. The molecule has 4 aliphatic carbocycles. The van der Waals surface area contributed by atoms with Crippen LogP contribution in [0.1, 0.15) is 59.3 Å². The Bertz CT molecular complexity index is 818. The number of aliphatic hydroxyl groups excluding tert-OH is 2. The smallest absolute Gasteiger partial charge is 0.303 e. The van der Waals surface area contributed by atoms with E-state index in [0.717, 1.165) is 5.57 Å². The number of fused-ring (bicyclic) bond motifs is 5. The molecular formula is C23H32O7. The summed E-state index contributed by atoms with van der Waals surface area (Å²) in [6.07, 6.45) is 2.54. The van der Waals surface area contributed by atoms with Crippen LogP contribution >= 0.6 is 0 Å². The molecular weight excluding hydrogens is 388 g/mol. The van der Waals surface area contributed by atoms with Crippen LogP contribution in [-0.2, 0) is 19.1 Å². The molecule has 0 aromatic rings. The van der Waals surface area contributed by atoms with E-state index in [-0.39, 0.29) is 36.4 Å². The van der Waals surface area contributed by atoms with Gasteiger partial charge < -0.3 is 20.1 Å². The molecule has 3 fully saturated rings. The number of Topliss-reactive ketones (excluding diaryl/α,β-unsaturated/α-hetero) is 1. The number of esters is 1. The van der Waals surface area contributed by atoms with Crippen molar-refractivity contribution < 1.29 is 34.4 Å². The average molecular weight is 421 g/mol. The number of aliphatic hydroxyl groups is 3. The van der Waals surface area contributed by atoms with Gasteiger partial charge in [0.1, 0.15) is 5.60 Å². The van der Waals surface area contributed by atoms with Crippen LogP contribution < -0.4 is 0 Å². The van der Waals surface area contributed by atoms with Crippen molar-refractivity contribution in [2.45, 2.75) is 77.1 Å². The summed E-state index contributed by atoms with van der Waals surface area (Å²) < 4.78 is 4.86. The average Bonchev–Trinajstić information content (AvgIpc) is 2.93. The molecule has 0 radical (unpaired) electrons. The highest BCUT2D eigenvalue weighted by Crippen LogP contribution is 2.67. The first-order valence-corrected chi connectivity index (χ1v) is 10.9. The SMILES string of the molecule is CC(=O)OCC(=O)[C@@]1(O)CC[C@@H]2[C@H]3C[C@@H](O)C4=CC(=O)CC[C@]4(C)[C@@H]3[C@@H](O)C[C@@]21C. The molecule has 0 aliphatic heterocycles. The number of ether oxygens (including phenoxy) is 1. The zero-order valence-electron chi connectivity index (χ0n) is 17.9. The Balaban J connectivity index is 1.69. The van der Waals surface area contributed by atoms with Gasteiger partial charge in [0.2, 0.25) is 5.78 Å². The minimum Gasteiger partial charge on any atom is -0.458 e. The second-order valence-electron chi connectivity index (χ2n) is 10.3. The van der Waals surface area contributed by atoms with Crippen LogP contribution in [-0.4, -0.2) is 57.3 Å². The van der Waals surface area contributed by atoms with E-state index in [1.165, 1.54) is 6.92 Å². The second kappa shape index (κ2) is 6.97. The Labute approximate surface area is 176 Å². The molecule has 0 amide bonds. The molecule has 7 heteroatoms. The van der Waals surface area contributed by atoms with Gasteiger partial charge in [-0.2, -0.15) is 0 Å². The Morgan fingerprint density at radius 2 is 1.93 bits per heavy atom. The van der Waals surface area contributed by atoms with Crippen molar-refractivity contribution >= 4 is 17.5 Å². The van der Waals surface area contributed by atoms with Gasteiger partial charge in [0.15, 0.2) is 12.4 Å². The van der Waals surface area contributed by atoms with Crippen molar-refractivity contribution in [1.82, 2.24) is 0 Å². The minimum atomic E-state index is -1.68. The maximum Gasteiger partial charge on any atom is 0.303 e. The van der Waals surface area contributed by atoms with E-state index in [2.05, 4.69) is 0 Å². The molecule has 30 heavy (non-hydrogen) atoms. The first-order valence-electron chi connectivity index (χ1n) is 10.9. The van der Waals surface area contributed by atoms with Crippen LogP contribution in [0.5, 0.6) is 0 Å². The first kappa shape index (κ1) is 21.7. The highest BCUT2D eigenvalue weighted by atomic mass is 16.5. The lowest BCUT2D eigenvalue weighted by atomic mass is 9.45. The Hall–Kier alpha value is -1.57. The highest BCUT2D eigenvalue weighted by molar-refractivity contribution is 5.92. The molecule has 4 rings (SSSR count). The molecule has 8 atom stereocenters. The number of carbonyl (C=O) groups excluding carboxylic acids is 3. The monoisotopic (exact) mass is 420 g/mol. The zero-order chi connectivity index (χ0) is 22.1. The maximum absolute atomic E-state index is 12.9. The van der Waals surface area contributed by atoms with E-state index in [9.17, 15) is 29.7 Å². The van der Waals surface area contributed by atoms with E-state index in [1.54, 1.807) is 6.08 Å². The van der Waals surface area contributed by atoms with Crippen molar-refractivity contribution in [1.29, 1.82) is 0 Å². The third kappa shape index (κ3) is 2.85. The molecule has 7 nitrogen and oxygen atoms in total. The fourth-order valence-corrected chi connectivity index (χ4v) is 7.49. The molecule has 0 aromatic carbocycles. The molecule has 3 N–H and O–H groups in total. The number of hydrogen-bond acceptors (Lipinski definition) is 7. The third-order valence-electron chi connectivity index (χ3n) is 8.93. The topological polar surface area (TPSA) is 121 Å². The summed E-state index contributed by atoms with van der Waals surface area (Å²) in [5.74, 6) is -1.35. The third-order valence-corrected chi connectivity index (χ3v) is 8.93. The summed E-state index contributed by atoms with van der Waals surface area (Å²) in [5, 5.41) is 33.7. The predicted molar refractivity (Wildman–Crippen MR) is 106 cm³/mol.